The normalized spacial score (nSPS) is 23.5. The summed E-state index contributed by atoms with van der Waals surface area (Å²) in [5, 5.41) is 18.2. The Kier molecular flexibility index (Phi) is 4.01. The maximum absolute atomic E-state index is 12.1. The van der Waals surface area contributed by atoms with Crippen molar-refractivity contribution in [1.82, 2.24) is 0 Å². The summed E-state index contributed by atoms with van der Waals surface area (Å²) in [7, 11) is 0. The monoisotopic (exact) mass is 203 g/mol. The van der Waals surface area contributed by atoms with Gasteiger partial charge in [-0.05, 0) is 30.8 Å². The van der Waals surface area contributed by atoms with Crippen LogP contribution >= 0.6 is 11.8 Å². The van der Waals surface area contributed by atoms with E-state index in [9.17, 15) is 9.50 Å². The van der Waals surface area contributed by atoms with Crippen LogP contribution in [-0.4, -0.2) is 29.4 Å². The molecule has 1 fully saturated rings. The highest BCUT2D eigenvalue weighted by Crippen LogP contribution is 2.38. The quantitative estimate of drug-likeness (QED) is 0.760. The van der Waals surface area contributed by atoms with Gasteiger partial charge in [0.1, 0.15) is 6.67 Å². The molecule has 1 N–H and O–H groups in total. The average molecular weight is 203 g/mol. The first-order valence-corrected chi connectivity index (χ1v) is 5.61. The highest BCUT2D eigenvalue weighted by atomic mass is 32.2. The van der Waals surface area contributed by atoms with E-state index < -0.39 is 18.2 Å². The molecule has 0 amide bonds. The molecule has 0 aliphatic carbocycles. The molecule has 0 aromatic heterocycles. The van der Waals surface area contributed by atoms with Gasteiger partial charge in [0.15, 0.2) is 0 Å². The predicted octanol–water partition coefficient (Wildman–Crippen LogP) is 1.74. The van der Waals surface area contributed by atoms with Crippen molar-refractivity contribution in [2.75, 3.05) is 18.2 Å². The van der Waals surface area contributed by atoms with Gasteiger partial charge in [-0.1, -0.05) is 0 Å². The Bertz CT molecular complexity index is 198. The van der Waals surface area contributed by atoms with Crippen LogP contribution in [0, 0.1) is 16.7 Å². The number of thioether (sulfide) groups is 1. The molecule has 0 aromatic rings. The van der Waals surface area contributed by atoms with E-state index in [-0.39, 0.29) is 0 Å². The van der Waals surface area contributed by atoms with Crippen molar-refractivity contribution in [1.29, 1.82) is 5.26 Å². The molecule has 0 saturated carbocycles. The second-order valence-corrected chi connectivity index (χ2v) is 4.74. The molecular weight excluding hydrogens is 189 g/mol. The zero-order valence-electron chi connectivity index (χ0n) is 7.50. The number of alkyl halides is 1. The number of aliphatic hydroxyl groups is 1. The van der Waals surface area contributed by atoms with Crippen molar-refractivity contribution in [2.24, 2.45) is 5.41 Å². The molecule has 0 radical (unpaired) electrons. The summed E-state index contributed by atoms with van der Waals surface area (Å²) < 4.78 is 12.1. The van der Waals surface area contributed by atoms with Gasteiger partial charge in [-0.2, -0.15) is 17.0 Å². The van der Waals surface area contributed by atoms with Crippen molar-refractivity contribution in [3.63, 3.8) is 0 Å². The van der Waals surface area contributed by atoms with Crippen LogP contribution in [0.25, 0.3) is 0 Å². The highest BCUT2D eigenvalue weighted by molar-refractivity contribution is 7.99. The largest absolute Gasteiger partial charge is 0.390 e. The third-order valence-electron chi connectivity index (χ3n) is 2.49. The Labute approximate surface area is 82.1 Å². The van der Waals surface area contributed by atoms with E-state index in [0.29, 0.717) is 6.42 Å². The van der Waals surface area contributed by atoms with Crippen molar-refractivity contribution >= 4 is 11.8 Å². The number of halogens is 1. The van der Waals surface area contributed by atoms with Crippen LogP contribution < -0.4 is 0 Å². The van der Waals surface area contributed by atoms with Gasteiger partial charge >= 0.3 is 0 Å². The highest BCUT2D eigenvalue weighted by Gasteiger charge is 2.34. The van der Waals surface area contributed by atoms with Crippen LogP contribution in [0.5, 0.6) is 0 Å². The Hall–Kier alpha value is -0.270. The van der Waals surface area contributed by atoms with Crippen LogP contribution in [0.4, 0.5) is 4.39 Å². The second-order valence-electron chi connectivity index (χ2n) is 3.52. The summed E-state index contributed by atoms with van der Waals surface area (Å²) in [6.07, 6.45) is 0.902. The van der Waals surface area contributed by atoms with Crippen molar-refractivity contribution in [3.8, 4) is 6.07 Å². The lowest BCUT2D eigenvalue weighted by atomic mass is 9.79. The standard InChI is InChI=1S/C9H14FNOS/c10-6-8(12)5-9(7-11)1-3-13-4-2-9/h8,12H,1-6H2. The zero-order valence-corrected chi connectivity index (χ0v) is 8.32. The Morgan fingerprint density at radius 3 is 2.62 bits per heavy atom. The number of hydrogen-bond acceptors (Lipinski definition) is 3. The minimum atomic E-state index is -0.956. The molecular formula is C9H14FNOS. The molecule has 1 unspecified atom stereocenters. The second kappa shape index (κ2) is 4.83. The van der Waals surface area contributed by atoms with E-state index in [1.165, 1.54) is 0 Å². The SMILES string of the molecule is N#CC1(CC(O)CF)CCSCC1. The third-order valence-corrected chi connectivity index (χ3v) is 3.48. The summed E-state index contributed by atoms with van der Waals surface area (Å²) in [4.78, 5) is 0. The van der Waals surface area contributed by atoms with E-state index in [0.717, 1.165) is 24.3 Å². The lowest BCUT2D eigenvalue weighted by Gasteiger charge is -2.31. The summed E-state index contributed by atoms with van der Waals surface area (Å²) in [6, 6.07) is 2.24. The first kappa shape index (κ1) is 10.8. The molecule has 0 spiro atoms. The van der Waals surface area contributed by atoms with Crippen LogP contribution in [0.1, 0.15) is 19.3 Å². The predicted molar refractivity (Wildman–Crippen MR) is 51.2 cm³/mol. The summed E-state index contributed by atoms with van der Waals surface area (Å²) in [5.41, 5.74) is -0.462. The van der Waals surface area contributed by atoms with E-state index in [1.807, 2.05) is 11.8 Å². The number of nitriles is 1. The molecule has 0 bridgehead atoms. The van der Waals surface area contributed by atoms with Crippen LogP contribution in [0.15, 0.2) is 0 Å². The van der Waals surface area contributed by atoms with Gasteiger partial charge in [0.05, 0.1) is 17.6 Å². The fourth-order valence-electron chi connectivity index (χ4n) is 1.63. The van der Waals surface area contributed by atoms with E-state index in [4.69, 9.17) is 5.26 Å². The molecule has 1 aliphatic heterocycles. The molecule has 4 heteroatoms. The molecule has 1 saturated heterocycles. The van der Waals surface area contributed by atoms with Crippen LogP contribution in [0.2, 0.25) is 0 Å². The lowest BCUT2D eigenvalue weighted by molar-refractivity contribution is 0.0917. The molecule has 2 nitrogen and oxygen atoms in total. The number of hydrogen-bond donors (Lipinski definition) is 1. The summed E-state index contributed by atoms with van der Waals surface area (Å²) in [5.74, 6) is 1.90. The maximum Gasteiger partial charge on any atom is 0.115 e. The summed E-state index contributed by atoms with van der Waals surface area (Å²) in [6.45, 7) is -0.740. The first-order valence-electron chi connectivity index (χ1n) is 4.45. The van der Waals surface area contributed by atoms with Gasteiger partial charge in [-0.15, -0.1) is 0 Å². The molecule has 0 aromatic carbocycles. The first-order chi connectivity index (χ1) is 6.22. The minimum Gasteiger partial charge on any atom is -0.390 e. The fraction of sp³-hybridized carbons (Fsp3) is 0.889. The van der Waals surface area contributed by atoms with Crippen molar-refractivity contribution in [3.05, 3.63) is 0 Å². The van der Waals surface area contributed by atoms with Crippen LogP contribution in [-0.2, 0) is 0 Å². The Morgan fingerprint density at radius 1 is 1.54 bits per heavy atom. The van der Waals surface area contributed by atoms with Gasteiger partial charge in [-0.25, -0.2) is 4.39 Å². The Balaban J connectivity index is 2.53. The Morgan fingerprint density at radius 2 is 2.15 bits per heavy atom. The molecule has 13 heavy (non-hydrogen) atoms. The van der Waals surface area contributed by atoms with Crippen molar-refractivity contribution in [2.45, 2.75) is 25.4 Å². The van der Waals surface area contributed by atoms with Gasteiger partial charge < -0.3 is 5.11 Å². The van der Waals surface area contributed by atoms with E-state index in [1.54, 1.807) is 0 Å². The van der Waals surface area contributed by atoms with Crippen molar-refractivity contribution < 1.29 is 9.50 Å². The van der Waals surface area contributed by atoms with Gasteiger partial charge in [0.2, 0.25) is 0 Å². The van der Waals surface area contributed by atoms with Gasteiger partial charge in [-0.3, -0.25) is 0 Å². The molecule has 1 atom stereocenters. The molecule has 1 rings (SSSR count). The minimum absolute atomic E-state index is 0.292. The number of nitrogens with zero attached hydrogens (tertiary/aromatic N) is 1. The molecule has 1 aliphatic rings. The average Bonchev–Trinajstić information content (AvgIpc) is 2.19. The lowest BCUT2D eigenvalue weighted by Crippen LogP contribution is -2.30. The van der Waals surface area contributed by atoms with E-state index >= 15 is 0 Å². The van der Waals surface area contributed by atoms with Crippen LogP contribution in [0.3, 0.4) is 0 Å². The van der Waals surface area contributed by atoms with Gasteiger partial charge in [0, 0.05) is 0 Å². The maximum atomic E-state index is 12.1. The fourth-order valence-corrected chi connectivity index (χ4v) is 2.90. The third kappa shape index (κ3) is 2.85. The van der Waals surface area contributed by atoms with E-state index in [2.05, 4.69) is 6.07 Å². The topological polar surface area (TPSA) is 44.0 Å². The number of aliphatic hydroxyl groups excluding tert-OH is 1. The molecule has 1 heterocycles. The summed E-state index contributed by atoms with van der Waals surface area (Å²) >= 11 is 1.82. The smallest absolute Gasteiger partial charge is 0.115 e. The molecule has 74 valence electrons. The van der Waals surface area contributed by atoms with Gasteiger partial charge in [0.25, 0.3) is 0 Å². The zero-order chi connectivity index (χ0) is 9.73. The number of rotatable bonds is 3.